The lowest BCUT2D eigenvalue weighted by molar-refractivity contribution is -0.117. The van der Waals surface area contributed by atoms with Gasteiger partial charge in [0, 0.05) is 17.0 Å². The van der Waals surface area contributed by atoms with Crippen LogP contribution in [0.1, 0.15) is 31.2 Å². The monoisotopic (exact) mass is 335 g/mol. The van der Waals surface area contributed by atoms with Gasteiger partial charge in [0.25, 0.3) is 0 Å². The predicted octanol–water partition coefficient (Wildman–Crippen LogP) is 4.72. The number of benzene rings is 2. The number of hydrogen-bond donors (Lipinski definition) is 1. The van der Waals surface area contributed by atoms with Gasteiger partial charge in [0.05, 0.1) is 12.6 Å². The highest BCUT2D eigenvalue weighted by atomic mass is 16.5. The maximum Gasteiger partial charge on any atom is 0.244 e. The molecule has 0 radical (unpaired) electrons. The Kier molecular flexibility index (Phi) is 5.19. The molecule has 4 heteroatoms. The fourth-order valence-electron chi connectivity index (χ4n) is 2.62. The first kappa shape index (κ1) is 16.8. The molecule has 3 rings (SSSR count). The predicted molar refractivity (Wildman–Crippen MR) is 99.4 cm³/mol. The zero-order chi connectivity index (χ0) is 17.6. The normalized spacial score (nSPS) is 12.4. The van der Waals surface area contributed by atoms with Crippen molar-refractivity contribution < 1.29 is 13.9 Å². The van der Waals surface area contributed by atoms with Crippen molar-refractivity contribution in [1.29, 1.82) is 0 Å². The van der Waals surface area contributed by atoms with E-state index < -0.39 is 0 Å². The van der Waals surface area contributed by atoms with Crippen LogP contribution in [0.4, 0.5) is 0 Å². The summed E-state index contributed by atoms with van der Waals surface area (Å²) >= 11 is 0. The summed E-state index contributed by atoms with van der Waals surface area (Å²) in [6.45, 7) is 4.42. The average molecular weight is 335 g/mol. The third-order valence-corrected chi connectivity index (χ3v) is 3.86. The summed E-state index contributed by atoms with van der Waals surface area (Å²) in [6, 6.07) is 17.2. The SMILES string of the molecule is CCOc1ccccc1/C=C/C(=O)NC(C)c1cc2ccccc2o1. The van der Waals surface area contributed by atoms with Gasteiger partial charge in [-0.3, -0.25) is 4.79 Å². The van der Waals surface area contributed by atoms with Crippen LogP contribution in [-0.4, -0.2) is 12.5 Å². The standard InChI is InChI=1S/C21H21NO3/c1-3-24-18-10-6-4-8-16(18)12-13-21(23)22-15(2)20-14-17-9-5-7-11-19(17)25-20/h4-15H,3H2,1-2H3,(H,22,23)/b13-12+. The van der Waals surface area contributed by atoms with Gasteiger partial charge in [0.15, 0.2) is 0 Å². The molecule has 0 saturated carbocycles. The van der Waals surface area contributed by atoms with Crippen molar-refractivity contribution in [3.8, 4) is 5.75 Å². The summed E-state index contributed by atoms with van der Waals surface area (Å²) < 4.78 is 11.3. The Bertz CT molecular complexity index is 862. The van der Waals surface area contributed by atoms with Crippen LogP contribution in [0.2, 0.25) is 0 Å². The molecular weight excluding hydrogens is 314 g/mol. The van der Waals surface area contributed by atoms with E-state index >= 15 is 0 Å². The maximum atomic E-state index is 12.2. The number of amides is 1. The lowest BCUT2D eigenvalue weighted by atomic mass is 10.2. The van der Waals surface area contributed by atoms with Gasteiger partial charge in [-0.2, -0.15) is 0 Å². The quantitative estimate of drug-likeness (QED) is 0.663. The van der Waals surface area contributed by atoms with E-state index in [1.54, 1.807) is 6.08 Å². The fourth-order valence-corrected chi connectivity index (χ4v) is 2.62. The van der Waals surface area contributed by atoms with Crippen molar-refractivity contribution in [3.05, 3.63) is 72.0 Å². The minimum atomic E-state index is -0.216. The Morgan fingerprint density at radius 2 is 1.96 bits per heavy atom. The van der Waals surface area contributed by atoms with E-state index in [4.69, 9.17) is 9.15 Å². The second kappa shape index (κ2) is 7.71. The lowest BCUT2D eigenvalue weighted by Crippen LogP contribution is -2.24. The maximum absolute atomic E-state index is 12.2. The summed E-state index contributed by atoms with van der Waals surface area (Å²) in [6.07, 6.45) is 3.27. The second-order valence-corrected chi connectivity index (χ2v) is 5.72. The zero-order valence-electron chi connectivity index (χ0n) is 14.4. The third kappa shape index (κ3) is 4.10. The number of furan rings is 1. The van der Waals surface area contributed by atoms with E-state index in [-0.39, 0.29) is 11.9 Å². The molecule has 1 aromatic heterocycles. The Morgan fingerprint density at radius 1 is 1.20 bits per heavy atom. The summed E-state index contributed by atoms with van der Waals surface area (Å²) in [5, 5.41) is 3.95. The summed E-state index contributed by atoms with van der Waals surface area (Å²) in [5.41, 5.74) is 1.69. The molecule has 0 spiro atoms. The lowest BCUT2D eigenvalue weighted by Gasteiger charge is -2.09. The minimum Gasteiger partial charge on any atom is -0.493 e. The summed E-state index contributed by atoms with van der Waals surface area (Å²) in [7, 11) is 0. The molecule has 1 amide bonds. The molecule has 1 unspecified atom stereocenters. The molecule has 0 aliphatic rings. The molecule has 1 N–H and O–H groups in total. The Morgan fingerprint density at radius 3 is 2.76 bits per heavy atom. The Balaban J connectivity index is 1.67. The van der Waals surface area contributed by atoms with E-state index in [9.17, 15) is 4.79 Å². The molecule has 4 nitrogen and oxygen atoms in total. The van der Waals surface area contributed by atoms with Crippen molar-refractivity contribution in [1.82, 2.24) is 5.32 Å². The third-order valence-electron chi connectivity index (χ3n) is 3.86. The summed E-state index contributed by atoms with van der Waals surface area (Å²) in [4.78, 5) is 12.2. The van der Waals surface area contributed by atoms with Crippen LogP contribution < -0.4 is 10.1 Å². The van der Waals surface area contributed by atoms with Crippen LogP contribution in [0.25, 0.3) is 17.0 Å². The van der Waals surface area contributed by atoms with Crippen LogP contribution in [-0.2, 0) is 4.79 Å². The van der Waals surface area contributed by atoms with Gasteiger partial charge < -0.3 is 14.5 Å². The van der Waals surface area contributed by atoms with E-state index in [1.807, 2.05) is 68.4 Å². The number of carbonyl (C=O) groups excluding carboxylic acids is 1. The number of ether oxygens (including phenoxy) is 1. The van der Waals surface area contributed by atoms with Crippen molar-refractivity contribution in [2.45, 2.75) is 19.9 Å². The highest BCUT2D eigenvalue weighted by Crippen LogP contribution is 2.23. The average Bonchev–Trinajstić information content (AvgIpc) is 3.05. The van der Waals surface area contributed by atoms with E-state index in [2.05, 4.69) is 5.32 Å². The molecular formula is C21H21NO3. The van der Waals surface area contributed by atoms with Gasteiger partial charge in [-0.1, -0.05) is 36.4 Å². The molecule has 0 aliphatic heterocycles. The molecule has 0 bridgehead atoms. The van der Waals surface area contributed by atoms with Crippen LogP contribution in [0.15, 0.2) is 65.1 Å². The fraction of sp³-hybridized carbons (Fsp3) is 0.190. The number of carbonyl (C=O) groups is 1. The Hall–Kier alpha value is -3.01. The van der Waals surface area contributed by atoms with Crippen LogP contribution in [0.3, 0.4) is 0 Å². The number of hydrogen-bond acceptors (Lipinski definition) is 3. The smallest absolute Gasteiger partial charge is 0.244 e. The van der Waals surface area contributed by atoms with Gasteiger partial charge in [-0.15, -0.1) is 0 Å². The van der Waals surface area contributed by atoms with Crippen LogP contribution >= 0.6 is 0 Å². The molecule has 3 aromatic rings. The molecule has 2 aromatic carbocycles. The molecule has 1 atom stereocenters. The molecule has 0 saturated heterocycles. The first-order valence-corrected chi connectivity index (χ1v) is 8.36. The molecule has 1 heterocycles. The zero-order valence-corrected chi connectivity index (χ0v) is 14.4. The van der Waals surface area contributed by atoms with Crippen molar-refractivity contribution in [3.63, 3.8) is 0 Å². The first-order valence-electron chi connectivity index (χ1n) is 8.36. The molecule has 0 fully saturated rings. The minimum absolute atomic E-state index is 0.181. The topological polar surface area (TPSA) is 51.5 Å². The number of rotatable bonds is 6. The highest BCUT2D eigenvalue weighted by molar-refractivity contribution is 5.92. The summed E-state index contributed by atoms with van der Waals surface area (Å²) in [5.74, 6) is 1.32. The molecule has 128 valence electrons. The Labute approximate surface area is 147 Å². The second-order valence-electron chi connectivity index (χ2n) is 5.72. The van der Waals surface area contributed by atoms with E-state index in [1.165, 1.54) is 6.08 Å². The first-order chi connectivity index (χ1) is 12.2. The number of nitrogens with one attached hydrogen (secondary N) is 1. The van der Waals surface area contributed by atoms with Crippen LogP contribution in [0, 0.1) is 0 Å². The van der Waals surface area contributed by atoms with E-state index in [0.717, 1.165) is 28.0 Å². The van der Waals surface area contributed by atoms with Gasteiger partial charge in [0.2, 0.25) is 5.91 Å². The molecule has 25 heavy (non-hydrogen) atoms. The van der Waals surface area contributed by atoms with Crippen molar-refractivity contribution in [2.24, 2.45) is 0 Å². The number of fused-ring (bicyclic) bond motifs is 1. The highest BCUT2D eigenvalue weighted by Gasteiger charge is 2.12. The van der Waals surface area contributed by atoms with Crippen molar-refractivity contribution >= 4 is 23.0 Å². The molecule has 0 aliphatic carbocycles. The van der Waals surface area contributed by atoms with Gasteiger partial charge in [-0.25, -0.2) is 0 Å². The van der Waals surface area contributed by atoms with Gasteiger partial charge in [0.1, 0.15) is 17.1 Å². The van der Waals surface area contributed by atoms with Crippen LogP contribution in [0.5, 0.6) is 5.75 Å². The van der Waals surface area contributed by atoms with E-state index in [0.29, 0.717) is 6.61 Å². The van der Waals surface area contributed by atoms with Gasteiger partial charge >= 0.3 is 0 Å². The number of para-hydroxylation sites is 2. The largest absolute Gasteiger partial charge is 0.493 e. The van der Waals surface area contributed by atoms with Crippen molar-refractivity contribution in [2.75, 3.05) is 6.61 Å². The van der Waals surface area contributed by atoms with Gasteiger partial charge in [-0.05, 0) is 38.1 Å².